The minimum atomic E-state index is -4.14. The lowest BCUT2D eigenvalue weighted by atomic mass is 10.3. The van der Waals surface area contributed by atoms with Crippen LogP contribution in [0, 0.1) is 0 Å². The fourth-order valence-electron chi connectivity index (χ4n) is 1.08. The molecule has 0 saturated carbocycles. The monoisotopic (exact) mass is 269 g/mol. The molecule has 0 aromatic carbocycles. The van der Waals surface area contributed by atoms with E-state index in [1.165, 1.54) is 11.3 Å². The molecule has 0 atom stereocenters. The number of nitrogens with one attached hydrogen (secondary N) is 1. The lowest BCUT2D eigenvalue weighted by Gasteiger charge is -2.02. The van der Waals surface area contributed by atoms with Crippen LogP contribution in [0.1, 0.15) is 16.4 Å². The Morgan fingerprint density at radius 1 is 1.29 bits per heavy atom. The van der Waals surface area contributed by atoms with Crippen LogP contribution in [0.15, 0.2) is 0 Å². The Morgan fingerprint density at radius 2 is 2.00 bits per heavy atom. The molecule has 1 rings (SSSR count). The van der Waals surface area contributed by atoms with Crippen molar-refractivity contribution in [3.05, 3.63) is 10.0 Å². The van der Waals surface area contributed by atoms with Gasteiger partial charge in [0.2, 0.25) is 0 Å². The van der Waals surface area contributed by atoms with Crippen molar-refractivity contribution in [2.45, 2.75) is 25.6 Å². The van der Waals surface area contributed by atoms with Crippen LogP contribution in [0.3, 0.4) is 0 Å². The summed E-state index contributed by atoms with van der Waals surface area (Å²) in [5.41, 5.74) is 0. The second-order valence-corrected chi connectivity index (χ2v) is 4.52. The maximum Gasteiger partial charge on any atom is 0.389 e. The minimum Gasteiger partial charge on any atom is -0.383 e. The number of nitrogens with zero attached hydrogens (tertiary/aromatic N) is 2. The van der Waals surface area contributed by atoms with Crippen LogP contribution in [0.25, 0.3) is 0 Å². The average Bonchev–Trinajstić information content (AvgIpc) is 2.69. The SMILES string of the molecule is COCCNCc1nnc(CCC(F)(F)F)s1. The van der Waals surface area contributed by atoms with E-state index in [0.717, 1.165) is 0 Å². The summed E-state index contributed by atoms with van der Waals surface area (Å²) in [6, 6.07) is 0. The van der Waals surface area contributed by atoms with Crippen LogP contribution in [-0.2, 0) is 17.7 Å². The number of aromatic nitrogens is 2. The largest absolute Gasteiger partial charge is 0.389 e. The van der Waals surface area contributed by atoms with Crippen molar-refractivity contribution >= 4 is 11.3 Å². The number of ether oxygens (including phenoxy) is 1. The van der Waals surface area contributed by atoms with E-state index in [2.05, 4.69) is 15.5 Å². The number of halogens is 3. The van der Waals surface area contributed by atoms with Crippen LogP contribution < -0.4 is 5.32 Å². The first-order chi connectivity index (χ1) is 8.01. The van der Waals surface area contributed by atoms with E-state index in [-0.39, 0.29) is 6.42 Å². The summed E-state index contributed by atoms with van der Waals surface area (Å²) in [5.74, 6) is 0. The molecule has 0 unspecified atom stereocenters. The van der Waals surface area contributed by atoms with E-state index >= 15 is 0 Å². The van der Waals surface area contributed by atoms with Gasteiger partial charge in [0.15, 0.2) is 0 Å². The number of hydrogen-bond donors (Lipinski definition) is 1. The highest BCUT2D eigenvalue weighted by molar-refractivity contribution is 7.11. The number of aryl methyl sites for hydroxylation is 1. The van der Waals surface area contributed by atoms with Crippen LogP contribution >= 0.6 is 11.3 Å². The van der Waals surface area contributed by atoms with Crippen LogP contribution in [0.5, 0.6) is 0 Å². The van der Waals surface area contributed by atoms with Crippen LogP contribution in [-0.4, -0.2) is 36.6 Å². The smallest absolute Gasteiger partial charge is 0.383 e. The van der Waals surface area contributed by atoms with Crippen LogP contribution in [0.4, 0.5) is 13.2 Å². The van der Waals surface area contributed by atoms with Crippen molar-refractivity contribution in [2.75, 3.05) is 20.3 Å². The third-order valence-corrected chi connectivity index (χ3v) is 2.87. The molecule has 0 spiro atoms. The Morgan fingerprint density at radius 3 is 2.65 bits per heavy atom. The van der Waals surface area contributed by atoms with Crippen molar-refractivity contribution in [3.63, 3.8) is 0 Å². The fraction of sp³-hybridized carbons (Fsp3) is 0.778. The molecule has 0 fully saturated rings. The molecule has 17 heavy (non-hydrogen) atoms. The van der Waals surface area contributed by atoms with E-state index in [0.29, 0.717) is 29.7 Å². The van der Waals surface area contributed by atoms with E-state index in [9.17, 15) is 13.2 Å². The number of hydrogen-bond acceptors (Lipinski definition) is 5. The second-order valence-electron chi connectivity index (χ2n) is 3.37. The van der Waals surface area contributed by atoms with E-state index < -0.39 is 12.6 Å². The summed E-state index contributed by atoms with van der Waals surface area (Å²) in [7, 11) is 1.60. The van der Waals surface area contributed by atoms with Gasteiger partial charge < -0.3 is 10.1 Å². The molecule has 98 valence electrons. The Balaban J connectivity index is 2.28. The lowest BCUT2D eigenvalue weighted by molar-refractivity contribution is -0.134. The molecule has 0 amide bonds. The zero-order valence-electron chi connectivity index (χ0n) is 9.38. The number of methoxy groups -OCH3 is 1. The van der Waals surface area contributed by atoms with Crippen molar-refractivity contribution in [3.8, 4) is 0 Å². The molecule has 1 heterocycles. The third kappa shape index (κ3) is 6.54. The molecule has 4 nitrogen and oxygen atoms in total. The topological polar surface area (TPSA) is 47.0 Å². The maximum atomic E-state index is 12.0. The van der Waals surface area contributed by atoms with Gasteiger partial charge in [-0.1, -0.05) is 0 Å². The molecule has 0 saturated heterocycles. The predicted molar refractivity (Wildman–Crippen MR) is 57.9 cm³/mol. The lowest BCUT2D eigenvalue weighted by Crippen LogP contribution is -2.18. The Kier molecular flexibility index (Phi) is 5.79. The van der Waals surface area contributed by atoms with Gasteiger partial charge in [0.1, 0.15) is 10.0 Å². The van der Waals surface area contributed by atoms with Crippen molar-refractivity contribution < 1.29 is 17.9 Å². The number of alkyl halides is 3. The van der Waals surface area contributed by atoms with Gasteiger partial charge in [-0.2, -0.15) is 13.2 Å². The van der Waals surface area contributed by atoms with Crippen molar-refractivity contribution in [2.24, 2.45) is 0 Å². The first-order valence-electron chi connectivity index (χ1n) is 5.09. The summed E-state index contributed by atoms with van der Waals surface area (Å²) in [6.07, 6.45) is -5.08. The minimum absolute atomic E-state index is 0.0980. The Labute approximate surface area is 101 Å². The van der Waals surface area contributed by atoms with Crippen LogP contribution in [0.2, 0.25) is 0 Å². The van der Waals surface area contributed by atoms with Gasteiger partial charge in [-0.05, 0) is 0 Å². The van der Waals surface area contributed by atoms with Crippen molar-refractivity contribution in [1.82, 2.24) is 15.5 Å². The van der Waals surface area contributed by atoms with E-state index in [4.69, 9.17) is 4.74 Å². The molecule has 0 bridgehead atoms. The molecular weight excluding hydrogens is 255 g/mol. The van der Waals surface area contributed by atoms with Gasteiger partial charge in [-0.3, -0.25) is 0 Å². The molecule has 0 radical (unpaired) electrons. The Hall–Kier alpha value is -0.730. The summed E-state index contributed by atoms with van der Waals surface area (Å²) in [4.78, 5) is 0. The first-order valence-corrected chi connectivity index (χ1v) is 5.90. The van der Waals surface area contributed by atoms with Gasteiger partial charge in [0.05, 0.1) is 6.61 Å². The predicted octanol–water partition coefficient (Wildman–Crippen LogP) is 1.77. The maximum absolute atomic E-state index is 12.0. The average molecular weight is 269 g/mol. The van der Waals surface area contributed by atoms with Gasteiger partial charge >= 0.3 is 6.18 Å². The highest BCUT2D eigenvalue weighted by atomic mass is 32.1. The molecule has 1 N–H and O–H groups in total. The quantitative estimate of drug-likeness (QED) is 0.766. The molecule has 0 aliphatic rings. The highest BCUT2D eigenvalue weighted by Gasteiger charge is 2.27. The Bertz CT molecular complexity index is 330. The normalized spacial score (nSPS) is 12.0. The van der Waals surface area contributed by atoms with Gasteiger partial charge in [-0.25, -0.2) is 0 Å². The number of rotatable bonds is 7. The standard InChI is InChI=1S/C9H14F3N3OS/c1-16-5-4-13-6-8-15-14-7(17-8)2-3-9(10,11)12/h13H,2-6H2,1H3. The zero-order chi connectivity index (χ0) is 12.7. The molecule has 0 aliphatic carbocycles. The van der Waals surface area contributed by atoms with Gasteiger partial charge in [0, 0.05) is 33.0 Å². The molecular formula is C9H14F3N3OS. The van der Waals surface area contributed by atoms with Gasteiger partial charge in [-0.15, -0.1) is 21.5 Å². The van der Waals surface area contributed by atoms with E-state index in [1.54, 1.807) is 7.11 Å². The molecule has 1 aromatic rings. The second kappa shape index (κ2) is 6.87. The summed E-state index contributed by atoms with van der Waals surface area (Å²) >= 11 is 1.21. The molecule has 8 heteroatoms. The first kappa shape index (κ1) is 14.3. The third-order valence-electron chi connectivity index (χ3n) is 1.89. The summed E-state index contributed by atoms with van der Waals surface area (Å²) in [6.45, 7) is 1.76. The summed E-state index contributed by atoms with van der Waals surface area (Å²) < 4.78 is 40.7. The summed E-state index contributed by atoms with van der Waals surface area (Å²) in [5, 5.41) is 11.7. The highest BCUT2D eigenvalue weighted by Crippen LogP contribution is 2.23. The van der Waals surface area contributed by atoms with Gasteiger partial charge in [0.25, 0.3) is 0 Å². The van der Waals surface area contributed by atoms with E-state index in [1.807, 2.05) is 0 Å². The molecule has 0 aliphatic heterocycles. The fourth-order valence-corrected chi connectivity index (χ4v) is 1.89. The zero-order valence-corrected chi connectivity index (χ0v) is 10.2. The van der Waals surface area contributed by atoms with Crippen molar-refractivity contribution in [1.29, 1.82) is 0 Å². The molecule has 1 aromatic heterocycles.